The molecule has 7 heteroatoms. The molecular weight excluding hydrogens is 326 g/mol. The number of amides is 1. The molecule has 1 aromatic heterocycles. The molecule has 24 heavy (non-hydrogen) atoms. The van der Waals surface area contributed by atoms with Gasteiger partial charge in [-0.1, -0.05) is 11.8 Å². The van der Waals surface area contributed by atoms with Crippen LogP contribution in [0.4, 0.5) is 0 Å². The molecule has 2 aromatic rings. The van der Waals surface area contributed by atoms with Gasteiger partial charge in [0, 0.05) is 11.6 Å². The monoisotopic (exact) mass is 347 g/mol. The van der Waals surface area contributed by atoms with Crippen LogP contribution in [0.2, 0.25) is 0 Å². The van der Waals surface area contributed by atoms with E-state index in [-0.39, 0.29) is 11.9 Å². The van der Waals surface area contributed by atoms with Crippen LogP contribution in [-0.2, 0) is 4.79 Å². The second-order valence-corrected chi connectivity index (χ2v) is 6.33. The fourth-order valence-corrected chi connectivity index (χ4v) is 2.68. The molecule has 0 atom stereocenters. The number of hydrogen-bond acceptors (Lipinski definition) is 6. The molecule has 0 bridgehead atoms. The molecule has 0 aliphatic carbocycles. The number of rotatable bonds is 7. The number of thioether (sulfide) groups is 1. The van der Waals surface area contributed by atoms with Crippen LogP contribution in [0.15, 0.2) is 35.4 Å². The van der Waals surface area contributed by atoms with E-state index in [2.05, 4.69) is 15.5 Å². The van der Waals surface area contributed by atoms with E-state index in [1.54, 1.807) is 14.2 Å². The highest BCUT2D eigenvalue weighted by molar-refractivity contribution is 7.99. The van der Waals surface area contributed by atoms with Gasteiger partial charge in [0.25, 0.3) is 0 Å². The summed E-state index contributed by atoms with van der Waals surface area (Å²) in [6.45, 7) is 3.86. The first-order chi connectivity index (χ1) is 11.5. The Bertz CT molecular complexity index is 690. The van der Waals surface area contributed by atoms with Crippen LogP contribution in [0.1, 0.15) is 13.8 Å². The molecule has 0 aliphatic heterocycles. The summed E-state index contributed by atoms with van der Waals surface area (Å²) in [6.07, 6.45) is 0. The Morgan fingerprint density at radius 2 is 1.96 bits per heavy atom. The lowest BCUT2D eigenvalue weighted by molar-refractivity contribution is -0.119. The van der Waals surface area contributed by atoms with Crippen molar-refractivity contribution in [1.29, 1.82) is 0 Å². The molecule has 0 fully saturated rings. The van der Waals surface area contributed by atoms with Gasteiger partial charge >= 0.3 is 0 Å². The van der Waals surface area contributed by atoms with Gasteiger partial charge in [0.2, 0.25) is 5.91 Å². The van der Waals surface area contributed by atoms with Crippen molar-refractivity contribution in [3.63, 3.8) is 0 Å². The number of nitrogens with one attached hydrogen (secondary N) is 1. The third-order valence-electron chi connectivity index (χ3n) is 3.12. The van der Waals surface area contributed by atoms with Crippen LogP contribution in [-0.4, -0.2) is 42.1 Å². The first-order valence-electron chi connectivity index (χ1n) is 7.51. The molecule has 2 rings (SSSR count). The highest BCUT2D eigenvalue weighted by Crippen LogP contribution is 2.32. The summed E-state index contributed by atoms with van der Waals surface area (Å²) in [5.74, 6) is 1.71. The van der Waals surface area contributed by atoms with E-state index in [0.717, 1.165) is 11.3 Å². The molecule has 0 aliphatic rings. The number of nitrogens with zero attached hydrogens (tertiary/aromatic N) is 2. The molecular formula is C17H21N3O3S. The standard InChI is InChI=1S/C17H21N3O3S/c1-11(2)18-16(21)10-24-17-8-6-14(19-20-17)13-9-12(22-3)5-7-15(13)23-4/h5-9,11H,10H2,1-4H3,(H,18,21). The molecule has 0 radical (unpaired) electrons. The van der Waals surface area contributed by atoms with E-state index in [1.807, 2.05) is 44.2 Å². The van der Waals surface area contributed by atoms with Gasteiger partial charge in [0.1, 0.15) is 16.5 Å². The Balaban J connectivity index is 2.10. The predicted octanol–water partition coefficient (Wildman–Crippen LogP) is 2.78. The van der Waals surface area contributed by atoms with E-state index in [0.29, 0.717) is 22.2 Å². The number of carbonyl (C=O) groups excluding carboxylic acids is 1. The maximum absolute atomic E-state index is 11.7. The van der Waals surface area contributed by atoms with E-state index >= 15 is 0 Å². The lowest BCUT2D eigenvalue weighted by Crippen LogP contribution is -2.31. The van der Waals surface area contributed by atoms with E-state index < -0.39 is 0 Å². The number of benzene rings is 1. The Kier molecular flexibility index (Phi) is 6.43. The van der Waals surface area contributed by atoms with Crippen LogP contribution in [0, 0.1) is 0 Å². The van der Waals surface area contributed by atoms with Gasteiger partial charge in [-0.15, -0.1) is 10.2 Å². The van der Waals surface area contributed by atoms with Crippen LogP contribution in [0.25, 0.3) is 11.3 Å². The van der Waals surface area contributed by atoms with Gasteiger partial charge in [0.15, 0.2) is 0 Å². The molecule has 0 unspecified atom stereocenters. The molecule has 1 heterocycles. The summed E-state index contributed by atoms with van der Waals surface area (Å²) in [5.41, 5.74) is 1.49. The number of methoxy groups -OCH3 is 2. The topological polar surface area (TPSA) is 73.3 Å². The zero-order valence-corrected chi connectivity index (χ0v) is 15.0. The quantitative estimate of drug-likeness (QED) is 0.777. The fraction of sp³-hybridized carbons (Fsp3) is 0.353. The summed E-state index contributed by atoms with van der Waals surface area (Å²) in [6, 6.07) is 9.34. The molecule has 6 nitrogen and oxygen atoms in total. The minimum Gasteiger partial charge on any atom is -0.497 e. The van der Waals surface area contributed by atoms with Gasteiger partial charge in [0.05, 0.1) is 25.7 Å². The van der Waals surface area contributed by atoms with E-state index in [1.165, 1.54) is 11.8 Å². The van der Waals surface area contributed by atoms with Crippen molar-refractivity contribution in [1.82, 2.24) is 15.5 Å². The van der Waals surface area contributed by atoms with Gasteiger partial charge in [-0.3, -0.25) is 4.79 Å². The molecule has 1 amide bonds. The largest absolute Gasteiger partial charge is 0.497 e. The van der Waals surface area contributed by atoms with Gasteiger partial charge < -0.3 is 14.8 Å². The first-order valence-corrected chi connectivity index (χ1v) is 8.50. The zero-order chi connectivity index (χ0) is 17.5. The Morgan fingerprint density at radius 3 is 2.54 bits per heavy atom. The average Bonchev–Trinajstić information content (AvgIpc) is 2.59. The number of carbonyl (C=O) groups is 1. The summed E-state index contributed by atoms with van der Waals surface area (Å²) >= 11 is 1.35. The zero-order valence-electron chi connectivity index (χ0n) is 14.2. The second kappa shape index (κ2) is 8.54. The van der Waals surface area contributed by atoms with Gasteiger partial charge in [-0.05, 0) is 44.2 Å². The lowest BCUT2D eigenvalue weighted by Gasteiger charge is -2.10. The highest BCUT2D eigenvalue weighted by atomic mass is 32.2. The summed E-state index contributed by atoms with van der Waals surface area (Å²) < 4.78 is 10.6. The van der Waals surface area contributed by atoms with Crippen molar-refractivity contribution in [2.24, 2.45) is 0 Å². The average molecular weight is 347 g/mol. The van der Waals surface area contributed by atoms with Crippen molar-refractivity contribution >= 4 is 17.7 Å². The van der Waals surface area contributed by atoms with Crippen LogP contribution in [0.5, 0.6) is 11.5 Å². The third-order valence-corrected chi connectivity index (χ3v) is 4.04. The number of hydrogen-bond donors (Lipinski definition) is 1. The van der Waals surface area contributed by atoms with Crippen molar-refractivity contribution in [3.05, 3.63) is 30.3 Å². The summed E-state index contributed by atoms with van der Waals surface area (Å²) in [4.78, 5) is 11.7. The van der Waals surface area contributed by atoms with Gasteiger partial charge in [-0.2, -0.15) is 0 Å². The number of aromatic nitrogens is 2. The minimum atomic E-state index is -0.0182. The highest BCUT2D eigenvalue weighted by Gasteiger charge is 2.11. The first kappa shape index (κ1) is 18.1. The fourth-order valence-electron chi connectivity index (χ4n) is 2.06. The second-order valence-electron chi connectivity index (χ2n) is 5.33. The van der Waals surface area contributed by atoms with E-state index in [9.17, 15) is 4.79 Å². The number of ether oxygens (including phenoxy) is 2. The van der Waals surface area contributed by atoms with Crippen molar-refractivity contribution < 1.29 is 14.3 Å². The molecule has 0 saturated carbocycles. The van der Waals surface area contributed by atoms with Crippen molar-refractivity contribution in [3.8, 4) is 22.8 Å². The SMILES string of the molecule is COc1ccc(OC)c(-c2ccc(SCC(=O)NC(C)C)nn2)c1. The molecule has 1 aromatic carbocycles. The molecule has 0 spiro atoms. The summed E-state index contributed by atoms with van der Waals surface area (Å²) in [5, 5.41) is 11.9. The Morgan fingerprint density at radius 1 is 1.17 bits per heavy atom. The van der Waals surface area contributed by atoms with Gasteiger partial charge in [-0.25, -0.2) is 0 Å². The minimum absolute atomic E-state index is 0.0182. The Labute approximate surface area is 146 Å². The smallest absolute Gasteiger partial charge is 0.230 e. The maximum atomic E-state index is 11.7. The molecule has 0 saturated heterocycles. The normalized spacial score (nSPS) is 10.5. The lowest BCUT2D eigenvalue weighted by atomic mass is 10.1. The molecule has 1 N–H and O–H groups in total. The third kappa shape index (κ3) is 4.86. The van der Waals surface area contributed by atoms with E-state index in [4.69, 9.17) is 9.47 Å². The predicted molar refractivity (Wildman–Crippen MR) is 94.6 cm³/mol. The molecule has 128 valence electrons. The van der Waals surface area contributed by atoms with Crippen molar-refractivity contribution in [2.45, 2.75) is 24.9 Å². The van der Waals surface area contributed by atoms with Crippen LogP contribution in [0.3, 0.4) is 0 Å². The van der Waals surface area contributed by atoms with Crippen LogP contribution < -0.4 is 14.8 Å². The van der Waals surface area contributed by atoms with Crippen molar-refractivity contribution in [2.75, 3.05) is 20.0 Å². The van der Waals surface area contributed by atoms with Crippen LogP contribution >= 0.6 is 11.8 Å². The Hall–Kier alpha value is -2.28. The summed E-state index contributed by atoms with van der Waals surface area (Å²) in [7, 11) is 3.22. The maximum Gasteiger partial charge on any atom is 0.230 e.